The number of nitrogens with two attached hydrogens (primary N) is 1. The molecule has 0 fully saturated rings. The van der Waals surface area contributed by atoms with Crippen molar-refractivity contribution in [1.82, 2.24) is 20.6 Å². The number of hydrogen-bond donors (Lipinski definition) is 3. The second-order valence-corrected chi connectivity index (χ2v) is 4.24. The molecule has 4 N–H and O–H groups in total. The molecular weight excluding hydrogens is 269 g/mol. The molecule has 1 aromatic heterocycles. The summed E-state index contributed by atoms with van der Waals surface area (Å²) in [4.78, 5) is 0. The number of aromatic nitrogens is 4. The number of benzene rings is 1. The van der Waals surface area contributed by atoms with Crippen LogP contribution in [-0.4, -0.2) is 77.1 Å². The number of H-pyrrole nitrogens is 1. The summed E-state index contributed by atoms with van der Waals surface area (Å²) in [5.41, 5.74) is 7.90. The number of nitrogens with zero attached hydrogens (tertiary/aromatic N) is 3. The summed E-state index contributed by atoms with van der Waals surface area (Å²) >= 11 is 0. The van der Waals surface area contributed by atoms with E-state index < -0.39 is 6.10 Å². The first-order valence-corrected chi connectivity index (χ1v) is 6.03. The molecule has 1 unspecified atom stereocenters. The van der Waals surface area contributed by atoms with Gasteiger partial charge >= 0.3 is 0 Å². The van der Waals surface area contributed by atoms with Crippen LogP contribution in [0.3, 0.4) is 0 Å². The average molecular weight is 286 g/mol. The SMILES string of the molecule is CCCCC(O)c1ccc(N)cc1-c1nn[nH]n1.[K]. The molecule has 0 spiro atoms. The van der Waals surface area contributed by atoms with Crippen molar-refractivity contribution in [3.63, 3.8) is 0 Å². The molecule has 0 bridgehead atoms. The van der Waals surface area contributed by atoms with Crippen molar-refractivity contribution in [3.8, 4) is 11.4 Å². The number of unbranched alkanes of at least 4 members (excludes halogenated alkanes) is 1. The molecule has 0 aliphatic rings. The van der Waals surface area contributed by atoms with Gasteiger partial charge in [0.2, 0.25) is 5.82 Å². The maximum atomic E-state index is 10.2. The van der Waals surface area contributed by atoms with Crippen LogP contribution in [0, 0.1) is 0 Å². The largest absolute Gasteiger partial charge is 0.399 e. The summed E-state index contributed by atoms with van der Waals surface area (Å²) in [6.45, 7) is 2.09. The smallest absolute Gasteiger partial charge is 0.205 e. The Morgan fingerprint density at radius 2 is 2.21 bits per heavy atom. The average Bonchev–Trinajstić information content (AvgIpc) is 2.89. The number of aliphatic hydroxyl groups excluding tert-OH is 1. The van der Waals surface area contributed by atoms with Gasteiger partial charge in [-0.3, -0.25) is 0 Å². The van der Waals surface area contributed by atoms with Gasteiger partial charge in [-0.05, 0) is 29.3 Å². The van der Waals surface area contributed by atoms with Gasteiger partial charge in [0.05, 0.1) is 6.10 Å². The Kier molecular flexibility index (Phi) is 7.12. The van der Waals surface area contributed by atoms with Gasteiger partial charge in [0.25, 0.3) is 0 Å². The van der Waals surface area contributed by atoms with Gasteiger partial charge in [-0.2, -0.15) is 5.21 Å². The molecule has 7 heteroatoms. The third kappa shape index (κ3) is 4.33. The number of nitrogens with one attached hydrogen (secondary N) is 1. The van der Waals surface area contributed by atoms with E-state index in [1.807, 2.05) is 6.07 Å². The number of aliphatic hydroxyl groups is 1. The fourth-order valence-corrected chi connectivity index (χ4v) is 1.89. The summed E-state index contributed by atoms with van der Waals surface area (Å²) < 4.78 is 0. The van der Waals surface area contributed by atoms with Gasteiger partial charge in [-0.1, -0.05) is 25.8 Å². The molecule has 1 atom stereocenters. The van der Waals surface area contributed by atoms with E-state index in [1.165, 1.54) is 0 Å². The van der Waals surface area contributed by atoms with Crippen molar-refractivity contribution in [2.24, 2.45) is 0 Å². The summed E-state index contributed by atoms with van der Waals surface area (Å²) in [5, 5.41) is 24.0. The Bertz CT molecular complexity index is 503. The van der Waals surface area contributed by atoms with Gasteiger partial charge in [0, 0.05) is 62.6 Å². The van der Waals surface area contributed by atoms with Crippen LogP contribution >= 0.6 is 0 Å². The fraction of sp³-hybridized carbons (Fsp3) is 0.417. The summed E-state index contributed by atoms with van der Waals surface area (Å²) in [7, 11) is 0. The van der Waals surface area contributed by atoms with Crippen molar-refractivity contribution in [3.05, 3.63) is 23.8 Å². The van der Waals surface area contributed by atoms with Crippen LogP contribution in [0.5, 0.6) is 0 Å². The van der Waals surface area contributed by atoms with Crippen LogP contribution < -0.4 is 5.73 Å². The van der Waals surface area contributed by atoms with Gasteiger partial charge in [-0.25, -0.2) is 0 Å². The van der Waals surface area contributed by atoms with E-state index in [0.717, 1.165) is 24.0 Å². The molecule has 2 rings (SSSR count). The molecular formula is C12H17KN5O. The van der Waals surface area contributed by atoms with Crippen LogP contribution in [-0.2, 0) is 0 Å². The fourth-order valence-electron chi connectivity index (χ4n) is 1.89. The minimum absolute atomic E-state index is 0. The molecule has 2 aromatic rings. The van der Waals surface area contributed by atoms with Crippen molar-refractivity contribution in [2.75, 3.05) is 5.73 Å². The normalized spacial score (nSPS) is 11.9. The van der Waals surface area contributed by atoms with Crippen molar-refractivity contribution in [2.45, 2.75) is 32.3 Å². The Balaban J connectivity index is 0.00000180. The van der Waals surface area contributed by atoms with E-state index in [-0.39, 0.29) is 51.4 Å². The Labute approximate surface area is 154 Å². The van der Waals surface area contributed by atoms with E-state index >= 15 is 0 Å². The first-order valence-electron chi connectivity index (χ1n) is 6.03. The summed E-state index contributed by atoms with van der Waals surface area (Å²) in [5.74, 6) is 0.452. The molecule has 1 aromatic carbocycles. The van der Waals surface area contributed by atoms with Gasteiger partial charge in [-0.15, -0.1) is 10.2 Å². The summed E-state index contributed by atoms with van der Waals surface area (Å²) in [6, 6.07) is 5.35. The zero-order valence-corrected chi connectivity index (χ0v) is 14.4. The van der Waals surface area contributed by atoms with Crippen LogP contribution in [0.4, 0.5) is 5.69 Å². The molecule has 1 radical (unpaired) electrons. The first-order chi connectivity index (χ1) is 8.72. The zero-order chi connectivity index (χ0) is 13.0. The monoisotopic (exact) mass is 286 g/mol. The number of aromatic amines is 1. The maximum Gasteiger partial charge on any atom is 0.205 e. The molecule has 6 nitrogen and oxygen atoms in total. The predicted octanol–water partition coefficient (Wildman–Crippen LogP) is 1.29. The second-order valence-electron chi connectivity index (χ2n) is 4.24. The van der Waals surface area contributed by atoms with Gasteiger partial charge in [0.1, 0.15) is 0 Å². The molecule has 0 aliphatic heterocycles. The first kappa shape index (κ1) is 16.7. The van der Waals surface area contributed by atoms with Crippen LogP contribution in [0.15, 0.2) is 18.2 Å². The van der Waals surface area contributed by atoms with Crippen LogP contribution in [0.2, 0.25) is 0 Å². The number of anilines is 1. The third-order valence-electron chi connectivity index (χ3n) is 2.85. The van der Waals surface area contributed by atoms with E-state index in [2.05, 4.69) is 27.5 Å². The number of tetrazole rings is 1. The molecule has 0 amide bonds. The Hall–Kier alpha value is -0.314. The molecule has 0 aliphatic carbocycles. The summed E-state index contributed by atoms with van der Waals surface area (Å²) in [6.07, 6.45) is 2.20. The predicted molar refractivity (Wildman–Crippen MR) is 74.3 cm³/mol. The zero-order valence-electron chi connectivity index (χ0n) is 11.3. The second kappa shape index (κ2) is 8.08. The van der Waals surface area contributed by atoms with Crippen LogP contribution in [0.25, 0.3) is 11.4 Å². The maximum absolute atomic E-state index is 10.2. The number of nitrogen functional groups attached to an aromatic ring is 1. The molecule has 1 heterocycles. The Morgan fingerprint density at radius 1 is 1.42 bits per heavy atom. The van der Waals surface area contributed by atoms with E-state index in [0.29, 0.717) is 17.9 Å². The van der Waals surface area contributed by atoms with E-state index in [9.17, 15) is 5.11 Å². The third-order valence-corrected chi connectivity index (χ3v) is 2.85. The minimum Gasteiger partial charge on any atom is -0.399 e. The molecule has 19 heavy (non-hydrogen) atoms. The topological polar surface area (TPSA) is 101 Å². The number of rotatable bonds is 5. The van der Waals surface area contributed by atoms with Gasteiger partial charge < -0.3 is 10.8 Å². The molecule has 0 saturated carbocycles. The number of hydrogen-bond acceptors (Lipinski definition) is 5. The van der Waals surface area contributed by atoms with Crippen molar-refractivity contribution in [1.29, 1.82) is 0 Å². The standard InChI is InChI=1S/C12H17N5O.K/c1-2-3-4-11(18)9-6-5-8(13)7-10(9)12-14-16-17-15-12;/h5-7,11,18H,2-4,13H2,1H3,(H,14,15,16,17);. The van der Waals surface area contributed by atoms with Crippen LogP contribution in [0.1, 0.15) is 37.9 Å². The van der Waals surface area contributed by atoms with Crippen molar-refractivity contribution < 1.29 is 5.11 Å². The molecule has 97 valence electrons. The van der Waals surface area contributed by atoms with Crippen molar-refractivity contribution >= 4 is 57.1 Å². The van der Waals surface area contributed by atoms with Gasteiger partial charge in [0.15, 0.2) is 0 Å². The molecule has 0 saturated heterocycles. The minimum atomic E-state index is -0.529. The Morgan fingerprint density at radius 3 is 2.84 bits per heavy atom. The quantitative estimate of drug-likeness (QED) is 0.568. The van der Waals surface area contributed by atoms with E-state index in [4.69, 9.17) is 5.73 Å². The van der Waals surface area contributed by atoms with E-state index in [1.54, 1.807) is 12.1 Å².